The molecule has 0 saturated heterocycles. The molecule has 4 N–H and O–H groups in total. The maximum absolute atomic E-state index is 13.7. The molecule has 0 aliphatic heterocycles. The summed E-state index contributed by atoms with van der Waals surface area (Å²) in [5.41, 5.74) is 3.66. The summed E-state index contributed by atoms with van der Waals surface area (Å²) in [5.74, 6) is -4.34. The van der Waals surface area contributed by atoms with Crippen molar-refractivity contribution in [2.24, 2.45) is 29.4 Å². The fourth-order valence-electron chi connectivity index (χ4n) is 6.14. The molecule has 2 saturated carbocycles. The Kier molecular flexibility index (Phi) is 6.62. The first-order valence-corrected chi connectivity index (χ1v) is 12.1. The number of phenolic OH excluding ortho intramolecular Hbond substituents is 1. The fraction of sp³-hybridized carbons (Fsp3) is 0.519. The lowest BCUT2D eigenvalue weighted by Gasteiger charge is -2.52. The Bertz CT molecular complexity index is 1240. The van der Waals surface area contributed by atoms with Crippen LogP contribution in [0.1, 0.15) is 54.1 Å². The number of hydrogen-bond donors (Lipinski definition) is 3. The number of fused-ring (bicyclic) bond motifs is 3. The number of ketones is 4. The predicted octanol–water partition coefficient (Wildman–Crippen LogP) is 0.409. The van der Waals surface area contributed by atoms with E-state index in [2.05, 4.69) is 18.8 Å². The number of hydrogen-bond acceptors (Lipinski definition) is 8. The third-order valence-electron chi connectivity index (χ3n) is 7.82. The van der Waals surface area contributed by atoms with Gasteiger partial charge in [-0.25, -0.2) is 0 Å². The molecule has 36 heavy (non-hydrogen) atoms. The van der Waals surface area contributed by atoms with Crippen LogP contribution in [0.25, 0.3) is 0 Å². The van der Waals surface area contributed by atoms with Crippen LogP contribution < -0.4 is 5.73 Å². The number of nitrogens with two attached hydrogens (primary N) is 1. The predicted molar refractivity (Wildman–Crippen MR) is 128 cm³/mol. The van der Waals surface area contributed by atoms with Gasteiger partial charge in [-0.2, -0.15) is 0 Å². The van der Waals surface area contributed by atoms with Crippen LogP contribution in [0.4, 0.5) is 0 Å². The first kappa shape index (κ1) is 25.7. The molecule has 3 aliphatic rings. The van der Waals surface area contributed by atoms with Gasteiger partial charge in [-0.3, -0.25) is 28.9 Å². The number of carbonyl (C=O) groups is 5. The first-order chi connectivity index (χ1) is 17.0. The molecule has 9 heteroatoms. The summed E-state index contributed by atoms with van der Waals surface area (Å²) in [4.78, 5) is 67.2. The average Bonchev–Trinajstić information content (AvgIpc) is 2.80. The van der Waals surface area contributed by atoms with E-state index in [1.54, 1.807) is 20.2 Å². The summed E-state index contributed by atoms with van der Waals surface area (Å²) < 4.78 is 0. The maximum Gasteiger partial charge on any atom is 0.235 e. The molecule has 9 nitrogen and oxygen atoms in total. The van der Waals surface area contributed by atoms with E-state index >= 15 is 0 Å². The van der Waals surface area contributed by atoms with Crippen LogP contribution in [0.2, 0.25) is 0 Å². The minimum absolute atomic E-state index is 0.0161. The van der Waals surface area contributed by atoms with E-state index < -0.39 is 64.4 Å². The largest absolute Gasteiger partial charge is 0.507 e. The average molecular weight is 495 g/mol. The molecule has 190 valence electrons. The van der Waals surface area contributed by atoms with Gasteiger partial charge >= 0.3 is 0 Å². The molecule has 2 unspecified atom stereocenters. The van der Waals surface area contributed by atoms with Crippen LogP contribution in [0, 0.1) is 35.5 Å². The van der Waals surface area contributed by atoms with Gasteiger partial charge in [0.15, 0.2) is 34.7 Å². The zero-order valence-electron chi connectivity index (χ0n) is 20.5. The molecule has 4 rings (SSSR count). The molecule has 0 spiro atoms. The zero-order chi connectivity index (χ0) is 26.5. The van der Waals surface area contributed by atoms with Crippen LogP contribution in [0.15, 0.2) is 12.1 Å². The van der Waals surface area contributed by atoms with Crippen LogP contribution in [-0.2, 0) is 25.6 Å². The van der Waals surface area contributed by atoms with Gasteiger partial charge in [-0.15, -0.1) is 0 Å². The van der Waals surface area contributed by atoms with Crippen LogP contribution in [0.5, 0.6) is 5.75 Å². The Morgan fingerprint density at radius 3 is 2.50 bits per heavy atom. The van der Waals surface area contributed by atoms with Gasteiger partial charge in [-0.05, 0) is 57.0 Å². The van der Waals surface area contributed by atoms with Crippen LogP contribution >= 0.6 is 0 Å². The Hall–Kier alpha value is -3.35. The number of carbonyl (C=O) groups excluding carboxylic acids is 5. The third-order valence-corrected chi connectivity index (χ3v) is 7.82. The molecule has 0 aromatic heterocycles. The lowest BCUT2D eigenvalue weighted by atomic mass is 9.52. The maximum atomic E-state index is 13.7. The van der Waals surface area contributed by atoms with Crippen molar-refractivity contribution in [3.8, 4) is 17.6 Å². The molecule has 0 radical (unpaired) electrons. The second-order valence-electron chi connectivity index (χ2n) is 10.2. The number of phenols is 1. The highest BCUT2D eigenvalue weighted by molar-refractivity contribution is 6.32. The molecule has 3 aliphatic carbocycles. The van der Waals surface area contributed by atoms with E-state index in [4.69, 9.17) is 5.73 Å². The van der Waals surface area contributed by atoms with Crippen LogP contribution in [-0.4, -0.2) is 69.9 Å². The summed E-state index contributed by atoms with van der Waals surface area (Å²) in [6.45, 7) is 2.05. The summed E-state index contributed by atoms with van der Waals surface area (Å²) in [7, 11) is 3.10. The molecule has 1 aromatic carbocycles. The second kappa shape index (κ2) is 9.26. The monoisotopic (exact) mass is 494 g/mol. The number of primary amides is 1. The van der Waals surface area contributed by atoms with Crippen molar-refractivity contribution in [3.05, 3.63) is 28.8 Å². The fourth-order valence-corrected chi connectivity index (χ4v) is 6.14. The summed E-state index contributed by atoms with van der Waals surface area (Å²) >= 11 is 0. The van der Waals surface area contributed by atoms with Crippen molar-refractivity contribution in [1.82, 2.24) is 4.90 Å². The lowest BCUT2D eigenvalue weighted by Crippen LogP contribution is -2.74. The summed E-state index contributed by atoms with van der Waals surface area (Å²) in [5, 5.41) is 22.1. The minimum atomic E-state index is -2.72. The quantitative estimate of drug-likeness (QED) is 0.309. The number of aliphatic hydroxyl groups is 1. The van der Waals surface area contributed by atoms with Crippen molar-refractivity contribution < 1.29 is 34.2 Å². The number of nitrogens with zero attached hydrogens (tertiary/aromatic N) is 1. The molecular weight excluding hydrogens is 464 g/mol. The summed E-state index contributed by atoms with van der Waals surface area (Å²) in [6.07, 6.45) is 2.81. The zero-order valence-corrected chi connectivity index (χ0v) is 20.5. The van der Waals surface area contributed by atoms with Gasteiger partial charge in [0.2, 0.25) is 5.91 Å². The molecule has 0 bridgehead atoms. The van der Waals surface area contributed by atoms with E-state index in [1.165, 1.54) is 11.0 Å². The van der Waals surface area contributed by atoms with Gasteiger partial charge in [0, 0.05) is 17.9 Å². The number of likely N-dealkylation sites (N-methyl/N-ethyl adjacent to an activating group) is 1. The highest BCUT2D eigenvalue weighted by atomic mass is 16.3. The number of unbranched alkanes of at least 4 members (excludes halogenated alkanes) is 2. The minimum Gasteiger partial charge on any atom is -0.507 e. The van der Waals surface area contributed by atoms with E-state index in [9.17, 15) is 34.2 Å². The molecule has 0 heterocycles. The van der Waals surface area contributed by atoms with Crippen molar-refractivity contribution in [1.29, 1.82) is 0 Å². The van der Waals surface area contributed by atoms with E-state index in [1.807, 2.05) is 0 Å². The summed E-state index contributed by atoms with van der Waals surface area (Å²) in [6, 6.07) is 1.86. The Morgan fingerprint density at radius 1 is 1.19 bits per heavy atom. The molecule has 2 fully saturated rings. The number of Topliss-reactive ketones (excluding diaryl/α,β-unsaturated/α-hetero) is 4. The lowest BCUT2D eigenvalue weighted by molar-refractivity contribution is -0.181. The van der Waals surface area contributed by atoms with Gasteiger partial charge in [0.05, 0.1) is 17.5 Å². The number of rotatable bonds is 4. The van der Waals surface area contributed by atoms with E-state index in [-0.39, 0.29) is 24.2 Å². The normalized spacial score (nSPS) is 31.3. The Morgan fingerprint density at radius 2 is 1.89 bits per heavy atom. The molecule has 1 amide bonds. The molecule has 1 aromatic rings. The highest BCUT2D eigenvalue weighted by Crippen LogP contribution is 2.50. The van der Waals surface area contributed by atoms with Crippen molar-refractivity contribution in [3.63, 3.8) is 0 Å². The van der Waals surface area contributed by atoms with Gasteiger partial charge in [0.25, 0.3) is 0 Å². The number of aromatic hydroxyl groups is 1. The smallest absolute Gasteiger partial charge is 0.235 e. The third kappa shape index (κ3) is 3.67. The van der Waals surface area contributed by atoms with Gasteiger partial charge in [-0.1, -0.05) is 25.2 Å². The van der Waals surface area contributed by atoms with E-state index in [0.717, 1.165) is 12.8 Å². The number of benzene rings is 1. The Labute approximate surface area is 209 Å². The van der Waals surface area contributed by atoms with Crippen molar-refractivity contribution in [2.75, 3.05) is 14.1 Å². The molecule has 6 atom stereocenters. The molecular formula is C27H30N2O7. The second-order valence-corrected chi connectivity index (χ2v) is 10.2. The van der Waals surface area contributed by atoms with Crippen molar-refractivity contribution >= 4 is 29.0 Å². The van der Waals surface area contributed by atoms with Crippen LogP contribution in [0.3, 0.4) is 0 Å². The van der Waals surface area contributed by atoms with E-state index in [0.29, 0.717) is 17.5 Å². The van der Waals surface area contributed by atoms with Crippen molar-refractivity contribution in [2.45, 2.75) is 50.7 Å². The Balaban J connectivity index is 1.83. The topological polar surface area (TPSA) is 155 Å². The number of amides is 1. The standard InChI is InChI=1S/C27H30N2O7/c1-4-5-6-7-8-13-9-10-17(30)19-15(13)11-14-12-16-21(29(2)3)23(32)20(26(28)35)25(34)27(16,36)24(33)18(14)22(19)31/h9-10,14,16,18,20-21,30,36H,4-6,11-12H2,1-3H3,(H2,28,35)/t14-,16-,18?,20?,21-,27-/m0/s1. The van der Waals surface area contributed by atoms with Gasteiger partial charge < -0.3 is 15.9 Å². The SMILES string of the molecule is CCCCC#Cc1ccc(O)c2c1C[C@H]1C[C@H]3[C@H](N(C)C)C(=O)C(C(N)=O)C(=O)[C@@]3(O)C(=O)C1C2=O. The van der Waals surface area contributed by atoms with Gasteiger partial charge in [0.1, 0.15) is 5.75 Å². The first-order valence-electron chi connectivity index (χ1n) is 12.1. The highest BCUT2D eigenvalue weighted by Gasteiger charge is 2.69.